The third-order valence-electron chi connectivity index (χ3n) is 3.84. The Hall–Kier alpha value is -1.36. The molecule has 0 aromatic carbocycles. The summed E-state index contributed by atoms with van der Waals surface area (Å²) in [5.74, 6) is 0. The lowest BCUT2D eigenvalue weighted by atomic mass is 10.2. The third-order valence-corrected chi connectivity index (χ3v) is 4.13. The zero-order valence-corrected chi connectivity index (χ0v) is 12.8. The number of morpholine rings is 1. The Balaban J connectivity index is 1.62. The summed E-state index contributed by atoms with van der Waals surface area (Å²) in [6, 6.07) is 8.13. The topological polar surface area (TPSA) is 30.3 Å². The predicted octanol–water partition coefficient (Wildman–Crippen LogP) is 2.79. The number of ether oxygens (including phenoxy) is 1. The van der Waals surface area contributed by atoms with Gasteiger partial charge in [0.1, 0.15) is 0 Å². The molecule has 0 aliphatic carbocycles. The molecular formula is C16H20ClN3O. The first-order valence-electron chi connectivity index (χ1n) is 7.42. The second-order valence-corrected chi connectivity index (χ2v) is 5.60. The monoisotopic (exact) mass is 305 g/mol. The molecule has 2 aromatic heterocycles. The Labute approximate surface area is 130 Å². The second-order valence-electron chi connectivity index (χ2n) is 5.24. The molecule has 112 valence electrons. The number of aromatic nitrogens is 2. The minimum absolute atomic E-state index is 0.545. The second kappa shape index (κ2) is 7.07. The van der Waals surface area contributed by atoms with Gasteiger partial charge in [-0.05, 0) is 43.7 Å². The Morgan fingerprint density at radius 3 is 2.86 bits per heavy atom. The van der Waals surface area contributed by atoms with Crippen LogP contribution < -0.4 is 0 Å². The van der Waals surface area contributed by atoms with Gasteiger partial charge in [-0.2, -0.15) is 0 Å². The molecule has 21 heavy (non-hydrogen) atoms. The summed E-state index contributed by atoms with van der Waals surface area (Å²) in [6.07, 6.45) is 5.94. The Morgan fingerprint density at radius 1 is 1.19 bits per heavy atom. The van der Waals surface area contributed by atoms with Gasteiger partial charge in [0.15, 0.2) is 5.15 Å². The number of halogens is 1. The molecule has 3 heterocycles. The van der Waals surface area contributed by atoms with E-state index in [1.165, 1.54) is 5.69 Å². The molecule has 1 fully saturated rings. The molecule has 0 spiro atoms. The van der Waals surface area contributed by atoms with Gasteiger partial charge in [-0.3, -0.25) is 4.90 Å². The Morgan fingerprint density at radius 2 is 2.05 bits per heavy atom. The van der Waals surface area contributed by atoms with Crippen LogP contribution in [0.4, 0.5) is 0 Å². The third kappa shape index (κ3) is 3.64. The largest absolute Gasteiger partial charge is 0.379 e. The van der Waals surface area contributed by atoms with Gasteiger partial charge < -0.3 is 9.30 Å². The van der Waals surface area contributed by atoms with Crippen LogP contribution in [0.5, 0.6) is 0 Å². The van der Waals surface area contributed by atoms with E-state index in [0.29, 0.717) is 5.15 Å². The molecule has 1 saturated heterocycles. The van der Waals surface area contributed by atoms with Crippen molar-refractivity contribution in [3.8, 4) is 5.69 Å². The normalized spacial score (nSPS) is 16.2. The molecule has 3 rings (SSSR count). The number of pyridine rings is 1. The van der Waals surface area contributed by atoms with E-state index in [4.69, 9.17) is 16.3 Å². The van der Waals surface area contributed by atoms with Crippen molar-refractivity contribution in [3.05, 3.63) is 47.5 Å². The number of nitrogens with zero attached hydrogens (tertiary/aromatic N) is 3. The average Bonchev–Trinajstić information content (AvgIpc) is 2.97. The summed E-state index contributed by atoms with van der Waals surface area (Å²) >= 11 is 6.19. The van der Waals surface area contributed by atoms with Crippen LogP contribution in [0.25, 0.3) is 5.69 Å². The van der Waals surface area contributed by atoms with Gasteiger partial charge in [-0.15, -0.1) is 0 Å². The van der Waals surface area contributed by atoms with Crippen LogP contribution in [0.1, 0.15) is 12.1 Å². The van der Waals surface area contributed by atoms with Crippen LogP contribution in [0.3, 0.4) is 0 Å². The molecule has 0 radical (unpaired) electrons. The van der Waals surface area contributed by atoms with Crippen LogP contribution in [0, 0.1) is 0 Å². The SMILES string of the molecule is Clc1ncccc1-n1cccc1CCCN1CCOCC1. The first kappa shape index (κ1) is 14.6. The van der Waals surface area contributed by atoms with Crippen molar-refractivity contribution >= 4 is 11.6 Å². The molecule has 0 saturated carbocycles. The summed E-state index contributed by atoms with van der Waals surface area (Å²) < 4.78 is 7.51. The highest BCUT2D eigenvalue weighted by Crippen LogP contribution is 2.20. The van der Waals surface area contributed by atoms with Crippen molar-refractivity contribution in [1.29, 1.82) is 0 Å². The van der Waals surface area contributed by atoms with Gasteiger partial charge >= 0.3 is 0 Å². The van der Waals surface area contributed by atoms with E-state index in [9.17, 15) is 0 Å². The summed E-state index contributed by atoms with van der Waals surface area (Å²) in [6.45, 7) is 4.95. The highest BCUT2D eigenvalue weighted by Gasteiger charge is 2.11. The molecule has 1 aliphatic rings. The van der Waals surface area contributed by atoms with E-state index < -0.39 is 0 Å². The lowest BCUT2D eigenvalue weighted by Crippen LogP contribution is -2.37. The molecule has 4 nitrogen and oxygen atoms in total. The van der Waals surface area contributed by atoms with Crippen molar-refractivity contribution < 1.29 is 4.74 Å². The van der Waals surface area contributed by atoms with E-state index in [2.05, 4.69) is 26.6 Å². The Bertz CT molecular complexity index is 578. The van der Waals surface area contributed by atoms with Gasteiger partial charge in [0.05, 0.1) is 18.9 Å². The molecule has 0 amide bonds. The molecule has 2 aromatic rings. The molecule has 0 unspecified atom stereocenters. The predicted molar refractivity (Wildman–Crippen MR) is 84.2 cm³/mol. The van der Waals surface area contributed by atoms with Gasteiger partial charge in [0.2, 0.25) is 0 Å². The average molecular weight is 306 g/mol. The molecular weight excluding hydrogens is 286 g/mol. The lowest BCUT2D eigenvalue weighted by molar-refractivity contribution is 0.0374. The number of rotatable bonds is 5. The van der Waals surface area contributed by atoms with Crippen LogP contribution >= 0.6 is 11.6 Å². The summed E-state index contributed by atoms with van der Waals surface area (Å²) in [7, 11) is 0. The van der Waals surface area contributed by atoms with Crippen molar-refractivity contribution in [2.24, 2.45) is 0 Å². The zero-order valence-electron chi connectivity index (χ0n) is 12.0. The zero-order chi connectivity index (χ0) is 14.5. The van der Waals surface area contributed by atoms with E-state index in [1.807, 2.05) is 18.3 Å². The molecule has 0 N–H and O–H groups in total. The standard InChI is InChI=1S/C16H20ClN3O/c17-16-15(6-1-7-18-16)20-9-3-5-14(20)4-2-8-19-10-12-21-13-11-19/h1,3,5-7,9H,2,4,8,10-13H2. The quantitative estimate of drug-likeness (QED) is 0.796. The van der Waals surface area contributed by atoms with Gasteiger partial charge in [0.25, 0.3) is 0 Å². The smallest absolute Gasteiger partial charge is 0.152 e. The van der Waals surface area contributed by atoms with E-state index in [-0.39, 0.29) is 0 Å². The fraction of sp³-hybridized carbons (Fsp3) is 0.438. The maximum absolute atomic E-state index is 6.19. The summed E-state index contributed by atoms with van der Waals surface area (Å²) in [5.41, 5.74) is 2.23. The van der Waals surface area contributed by atoms with E-state index >= 15 is 0 Å². The molecule has 1 aliphatic heterocycles. The molecule has 0 atom stereocenters. The molecule has 5 heteroatoms. The van der Waals surface area contributed by atoms with Crippen molar-refractivity contribution in [2.45, 2.75) is 12.8 Å². The molecule has 0 bridgehead atoms. The van der Waals surface area contributed by atoms with Crippen molar-refractivity contribution in [3.63, 3.8) is 0 Å². The minimum Gasteiger partial charge on any atom is -0.379 e. The van der Waals surface area contributed by atoms with E-state index in [0.717, 1.165) is 51.4 Å². The minimum atomic E-state index is 0.545. The highest BCUT2D eigenvalue weighted by molar-refractivity contribution is 6.31. The highest BCUT2D eigenvalue weighted by atomic mass is 35.5. The van der Waals surface area contributed by atoms with Gasteiger partial charge in [-0.25, -0.2) is 4.98 Å². The first-order chi connectivity index (χ1) is 10.3. The van der Waals surface area contributed by atoms with Gasteiger partial charge in [-0.1, -0.05) is 11.6 Å². The van der Waals surface area contributed by atoms with Crippen LogP contribution in [0.2, 0.25) is 5.15 Å². The number of hydrogen-bond acceptors (Lipinski definition) is 3. The Kier molecular flexibility index (Phi) is 4.91. The van der Waals surface area contributed by atoms with Crippen molar-refractivity contribution in [2.75, 3.05) is 32.8 Å². The summed E-state index contributed by atoms with van der Waals surface area (Å²) in [4.78, 5) is 6.62. The fourth-order valence-electron chi connectivity index (χ4n) is 2.72. The lowest BCUT2D eigenvalue weighted by Gasteiger charge is -2.26. The van der Waals surface area contributed by atoms with E-state index in [1.54, 1.807) is 6.20 Å². The maximum Gasteiger partial charge on any atom is 0.152 e. The van der Waals surface area contributed by atoms with Crippen molar-refractivity contribution in [1.82, 2.24) is 14.5 Å². The number of aryl methyl sites for hydroxylation is 1. The van der Waals surface area contributed by atoms with Gasteiger partial charge in [0, 0.05) is 31.2 Å². The first-order valence-corrected chi connectivity index (χ1v) is 7.79. The maximum atomic E-state index is 6.19. The van der Waals surface area contributed by atoms with Crippen LogP contribution in [-0.4, -0.2) is 47.3 Å². The van der Waals surface area contributed by atoms with Crippen LogP contribution in [0.15, 0.2) is 36.7 Å². The fourth-order valence-corrected chi connectivity index (χ4v) is 2.93. The van der Waals surface area contributed by atoms with Crippen LogP contribution in [-0.2, 0) is 11.2 Å². The summed E-state index contributed by atoms with van der Waals surface area (Å²) in [5, 5.41) is 0.545. The number of hydrogen-bond donors (Lipinski definition) is 0.